The number of carbonyl (C=O) groups is 1. The first-order chi connectivity index (χ1) is 13.1. The van der Waals surface area contributed by atoms with Gasteiger partial charge < -0.3 is 0 Å². The zero-order valence-corrected chi connectivity index (χ0v) is 15.8. The number of carbonyl (C=O) groups excluding carboxylic acids is 1. The quantitative estimate of drug-likeness (QED) is 0.664. The number of nitrogens with one attached hydrogen (secondary N) is 1. The number of halogens is 5. The van der Waals surface area contributed by atoms with E-state index in [0.29, 0.717) is 11.6 Å². The molecule has 0 atom stereocenters. The molecule has 0 saturated heterocycles. The normalized spacial score (nSPS) is 11.6. The Morgan fingerprint density at radius 2 is 2.00 bits per heavy atom. The predicted octanol–water partition coefficient (Wildman–Crippen LogP) is 3.80. The third-order valence-corrected chi connectivity index (χ3v) is 4.40. The van der Waals surface area contributed by atoms with Crippen molar-refractivity contribution in [3.8, 4) is 0 Å². The molecule has 1 amide bonds. The summed E-state index contributed by atoms with van der Waals surface area (Å²) in [5, 5.41) is 9.92. The summed E-state index contributed by atoms with van der Waals surface area (Å²) in [6.45, 7) is 1.26. The van der Waals surface area contributed by atoms with E-state index >= 15 is 0 Å². The molecule has 2 heterocycles. The van der Waals surface area contributed by atoms with Gasteiger partial charge in [0.05, 0.1) is 17.3 Å². The van der Waals surface area contributed by atoms with Crippen LogP contribution in [0.1, 0.15) is 17.0 Å². The van der Waals surface area contributed by atoms with Crippen LogP contribution in [0.3, 0.4) is 0 Å². The van der Waals surface area contributed by atoms with Gasteiger partial charge in [-0.1, -0.05) is 35.3 Å². The summed E-state index contributed by atoms with van der Waals surface area (Å²) in [4.78, 5) is 16.1. The van der Waals surface area contributed by atoms with Gasteiger partial charge in [-0.2, -0.15) is 18.3 Å². The zero-order valence-electron chi connectivity index (χ0n) is 14.3. The molecule has 0 aliphatic heterocycles. The van der Waals surface area contributed by atoms with Gasteiger partial charge in [-0.15, -0.1) is 5.10 Å². The molecule has 148 valence electrons. The molecule has 7 nitrogen and oxygen atoms in total. The number of hydrogen-bond donors (Lipinski definition) is 1. The Kier molecular flexibility index (Phi) is 5.61. The van der Waals surface area contributed by atoms with Gasteiger partial charge in [-0.25, -0.2) is 9.67 Å². The van der Waals surface area contributed by atoms with Crippen LogP contribution in [-0.4, -0.2) is 30.5 Å². The summed E-state index contributed by atoms with van der Waals surface area (Å²) in [6, 6.07) is 7.16. The van der Waals surface area contributed by atoms with Gasteiger partial charge in [0, 0.05) is 5.02 Å². The lowest BCUT2D eigenvalue weighted by atomic mass is 10.2. The maximum atomic E-state index is 12.8. The van der Waals surface area contributed by atoms with E-state index in [1.54, 1.807) is 18.2 Å². The van der Waals surface area contributed by atoms with E-state index in [4.69, 9.17) is 23.2 Å². The molecule has 0 bridgehead atoms. The van der Waals surface area contributed by atoms with Crippen LogP contribution in [0.15, 0.2) is 30.6 Å². The molecule has 0 saturated carbocycles. The van der Waals surface area contributed by atoms with Crippen molar-refractivity contribution in [2.75, 3.05) is 5.32 Å². The summed E-state index contributed by atoms with van der Waals surface area (Å²) >= 11 is 11.6. The van der Waals surface area contributed by atoms with Crippen LogP contribution in [0.2, 0.25) is 10.0 Å². The van der Waals surface area contributed by atoms with Crippen molar-refractivity contribution in [2.45, 2.75) is 26.2 Å². The molecule has 3 aromatic rings. The molecule has 3 rings (SSSR count). The maximum absolute atomic E-state index is 12.8. The van der Waals surface area contributed by atoms with Crippen molar-refractivity contribution in [2.24, 2.45) is 0 Å². The fourth-order valence-corrected chi connectivity index (χ4v) is 2.87. The second-order valence-corrected chi connectivity index (χ2v) is 6.66. The molecule has 0 aliphatic rings. The Labute approximate surface area is 167 Å². The molecule has 1 aromatic carbocycles. The highest BCUT2D eigenvalue weighted by Gasteiger charge is 2.38. The topological polar surface area (TPSA) is 77.6 Å². The maximum Gasteiger partial charge on any atom is 0.436 e. The van der Waals surface area contributed by atoms with Crippen molar-refractivity contribution in [3.63, 3.8) is 0 Å². The highest BCUT2D eigenvalue weighted by atomic mass is 35.5. The molecule has 1 N–H and O–H groups in total. The average molecular weight is 433 g/mol. The van der Waals surface area contributed by atoms with Crippen molar-refractivity contribution < 1.29 is 18.0 Å². The van der Waals surface area contributed by atoms with Crippen LogP contribution in [0.25, 0.3) is 0 Å². The van der Waals surface area contributed by atoms with Gasteiger partial charge in [0.25, 0.3) is 0 Å². The fourth-order valence-electron chi connectivity index (χ4n) is 2.41. The first-order valence-corrected chi connectivity index (χ1v) is 8.63. The lowest BCUT2D eigenvalue weighted by Crippen LogP contribution is -2.21. The Morgan fingerprint density at radius 1 is 1.25 bits per heavy atom. The van der Waals surface area contributed by atoms with E-state index in [-0.39, 0.29) is 11.6 Å². The number of nitrogens with zero attached hydrogens (tertiary/aromatic N) is 5. The summed E-state index contributed by atoms with van der Waals surface area (Å²) in [5.74, 6) is -0.629. The van der Waals surface area contributed by atoms with E-state index < -0.39 is 29.3 Å². The summed E-state index contributed by atoms with van der Waals surface area (Å²) in [6.07, 6.45) is -3.29. The van der Waals surface area contributed by atoms with Gasteiger partial charge in [0.2, 0.25) is 11.9 Å². The Morgan fingerprint density at radius 3 is 2.64 bits per heavy atom. The standard InChI is InChI=1S/C16H13Cl2F3N6O/c1-9-13(18)14(16(19,20)21)24-27(9)7-12(28)23-15-22-8-26(25-15)6-10-3-2-4-11(17)5-10/h2-5,8H,6-7H2,1H3,(H,23,25,28). The molecule has 28 heavy (non-hydrogen) atoms. The Balaban J connectivity index is 1.65. The Hall–Kier alpha value is -2.59. The molecular weight excluding hydrogens is 420 g/mol. The first kappa shape index (κ1) is 20.2. The summed E-state index contributed by atoms with van der Waals surface area (Å²) < 4.78 is 40.9. The lowest BCUT2D eigenvalue weighted by molar-refractivity contribution is -0.141. The molecule has 0 radical (unpaired) electrons. The van der Waals surface area contributed by atoms with Crippen LogP contribution in [-0.2, 0) is 24.1 Å². The van der Waals surface area contributed by atoms with E-state index in [1.165, 1.54) is 17.9 Å². The highest BCUT2D eigenvalue weighted by Crippen LogP contribution is 2.35. The van der Waals surface area contributed by atoms with Gasteiger partial charge in [0.15, 0.2) is 5.69 Å². The number of rotatable bonds is 5. The molecular formula is C16H13Cl2F3N6O. The molecule has 0 spiro atoms. The second-order valence-electron chi connectivity index (χ2n) is 5.85. The largest absolute Gasteiger partial charge is 0.436 e. The van der Waals surface area contributed by atoms with Gasteiger partial charge in [-0.3, -0.25) is 14.8 Å². The average Bonchev–Trinajstić information content (AvgIpc) is 3.13. The number of amides is 1. The first-order valence-electron chi connectivity index (χ1n) is 7.87. The fraction of sp³-hybridized carbons (Fsp3) is 0.250. The zero-order chi connectivity index (χ0) is 20.5. The van der Waals surface area contributed by atoms with Crippen molar-refractivity contribution >= 4 is 35.1 Å². The highest BCUT2D eigenvalue weighted by molar-refractivity contribution is 6.32. The predicted molar refractivity (Wildman–Crippen MR) is 96.2 cm³/mol. The SMILES string of the molecule is Cc1c(Cl)c(C(F)(F)F)nn1CC(=O)Nc1ncn(Cc2cccc(Cl)c2)n1. The second kappa shape index (κ2) is 7.80. The molecule has 12 heteroatoms. The smallest absolute Gasteiger partial charge is 0.292 e. The number of alkyl halides is 3. The third-order valence-electron chi connectivity index (χ3n) is 3.72. The number of aromatic nitrogens is 5. The molecule has 2 aromatic heterocycles. The van der Waals surface area contributed by atoms with E-state index in [0.717, 1.165) is 10.2 Å². The van der Waals surface area contributed by atoms with Crippen molar-refractivity contribution in [1.82, 2.24) is 24.5 Å². The van der Waals surface area contributed by atoms with Gasteiger partial charge >= 0.3 is 6.18 Å². The van der Waals surface area contributed by atoms with Crippen LogP contribution in [0, 0.1) is 6.92 Å². The van der Waals surface area contributed by atoms with Crippen LogP contribution >= 0.6 is 23.2 Å². The van der Waals surface area contributed by atoms with E-state index in [1.807, 2.05) is 6.07 Å². The Bertz CT molecular complexity index is 1010. The van der Waals surface area contributed by atoms with E-state index in [2.05, 4.69) is 20.5 Å². The van der Waals surface area contributed by atoms with Crippen LogP contribution in [0.4, 0.5) is 19.1 Å². The van der Waals surface area contributed by atoms with Crippen LogP contribution in [0.5, 0.6) is 0 Å². The number of anilines is 1. The monoisotopic (exact) mass is 432 g/mol. The lowest BCUT2D eigenvalue weighted by Gasteiger charge is -2.04. The number of benzene rings is 1. The summed E-state index contributed by atoms with van der Waals surface area (Å²) in [5.41, 5.74) is -0.316. The van der Waals surface area contributed by atoms with Crippen LogP contribution < -0.4 is 5.32 Å². The third kappa shape index (κ3) is 4.63. The minimum absolute atomic E-state index is 0.0129. The molecule has 0 unspecified atom stereocenters. The van der Waals surface area contributed by atoms with Crippen molar-refractivity contribution in [3.05, 3.63) is 57.6 Å². The summed E-state index contributed by atoms with van der Waals surface area (Å²) in [7, 11) is 0. The van der Waals surface area contributed by atoms with Gasteiger partial charge in [0.1, 0.15) is 12.9 Å². The van der Waals surface area contributed by atoms with Crippen molar-refractivity contribution in [1.29, 1.82) is 0 Å². The minimum atomic E-state index is -4.70. The van der Waals surface area contributed by atoms with E-state index in [9.17, 15) is 18.0 Å². The van der Waals surface area contributed by atoms with Gasteiger partial charge in [-0.05, 0) is 24.6 Å². The molecule has 0 fully saturated rings. The minimum Gasteiger partial charge on any atom is -0.292 e. The molecule has 0 aliphatic carbocycles. The number of hydrogen-bond acceptors (Lipinski definition) is 4.